The molecule has 0 unspecified atom stereocenters. The van der Waals surface area contributed by atoms with Gasteiger partial charge in [-0.2, -0.15) is 17.9 Å². The summed E-state index contributed by atoms with van der Waals surface area (Å²) in [7, 11) is -4.01. The number of sulfonamides is 1. The van der Waals surface area contributed by atoms with Gasteiger partial charge in [0.15, 0.2) is 0 Å². The minimum atomic E-state index is -4.59. The summed E-state index contributed by atoms with van der Waals surface area (Å²) in [4.78, 5) is 0.110. The average molecular weight is 590 g/mol. The summed E-state index contributed by atoms with van der Waals surface area (Å²) in [6, 6.07) is 37.6. The molecule has 2 aliphatic rings. The van der Waals surface area contributed by atoms with Gasteiger partial charge in [-0.3, -0.25) is 0 Å². The van der Waals surface area contributed by atoms with Crippen LogP contribution < -0.4 is 4.72 Å². The third-order valence-corrected chi connectivity index (χ3v) is 10.1. The van der Waals surface area contributed by atoms with Crippen LogP contribution in [-0.2, 0) is 21.7 Å². The van der Waals surface area contributed by atoms with Crippen LogP contribution in [0.25, 0.3) is 32.7 Å². The van der Waals surface area contributed by atoms with Crippen LogP contribution >= 0.6 is 0 Å². The quantitative estimate of drug-likeness (QED) is 0.220. The van der Waals surface area contributed by atoms with Crippen molar-refractivity contribution in [2.45, 2.75) is 16.6 Å². The Labute approximate surface area is 246 Å². The van der Waals surface area contributed by atoms with Crippen LogP contribution in [0.5, 0.6) is 0 Å². The van der Waals surface area contributed by atoms with Crippen molar-refractivity contribution >= 4 is 42.7 Å². The zero-order chi connectivity index (χ0) is 29.6. The molecular weight excluding hydrogens is 567 g/mol. The highest BCUT2D eigenvalue weighted by molar-refractivity contribution is 7.90. The van der Waals surface area contributed by atoms with Gasteiger partial charge in [0.05, 0.1) is 10.5 Å². The van der Waals surface area contributed by atoms with Crippen molar-refractivity contribution in [1.82, 2.24) is 4.72 Å². The molecule has 6 aromatic rings. The monoisotopic (exact) mass is 589 g/mol. The van der Waals surface area contributed by atoms with E-state index in [-0.39, 0.29) is 4.90 Å². The summed E-state index contributed by atoms with van der Waals surface area (Å²) in [6.45, 7) is 0. The molecule has 0 saturated carbocycles. The van der Waals surface area contributed by atoms with Crippen LogP contribution in [0.1, 0.15) is 33.4 Å². The number of fused-ring (bicyclic) bond motifs is 6. The number of alkyl halides is 3. The van der Waals surface area contributed by atoms with Gasteiger partial charge in [-0.15, -0.1) is 0 Å². The standard InChI is InChI=1S/C36H22F3NO2S/c37-36(38,39)28-17-18-30-29(21-28)33(26-15-13-22-7-1-3-9-24(22)19-26)34(27-16-14-23-8-2-4-10-25(23)20-27)35(30)31-11-5-6-12-32(31)43(41,42)40-35/h1-21,40H/t35-/m0/s1. The molecule has 1 atom stereocenters. The van der Waals surface area contributed by atoms with Crippen molar-refractivity contribution in [3.63, 3.8) is 0 Å². The fourth-order valence-corrected chi connectivity index (χ4v) is 8.37. The van der Waals surface area contributed by atoms with Crippen LogP contribution in [0.4, 0.5) is 13.2 Å². The fourth-order valence-electron chi connectivity index (χ4n) is 6.77. The van der Waals surface area contributed by atoms with Crippen molar-refractivity contribution in [1.29, 1.82) is 0 Å². The SMILES string of the molecule is O=S1(=O)N[C@]2(C(c3ccc4ccccc4c3)=C(c3ccc4ccccc4c3)c3cc(C(F)(F)F)ccc32)c2ccccc21. The third kappa shape index (κ3) is 3.75. The Kier molecular flexibility index (Phi) is 5.37. The Morgan fingerprint density at radius 3 is 1.84 bits per heavy atom. The molecule has 1 heterocycles. The molecule has 0 bridgehead atoms. The van der Waals surface area contributed by atoms with E-state index < -0.39 is 27.3 Å². The fraction of sp³-hybridized carbons (Fsp3) is 0.0556. The van der Waals surface area contributed by atoms with Gasteiger partial charge in [-0.05, 0) is 85.3 Å². The second kappa shape index (κ2) is 8.89. The van der Waals surface area contributed by atoms with Gasteiger partial charge < -0.3 is 0 Å². The third-order valence-electron chi connectivity index (χ3n) is 8.59. The molecular formula is C36H22F3NO2S. The van der Waals surface area contributed by atoms with E-state index in [4.69, 9.17) is 0 Å². The van der Waals surface area contributed by atoms with E-state index in [0.29, 0.717) is 39.0 Å². The van der Waals surface area contributed by atoms with E-state index in [1.807, 2.05) is 84.9 Å². The second-order valence-electron chi connectivity index (χ2n) is 11.0. The van der Waals surface area contributed by atoms with Crippen LogP contribution in [0, 0.1) is 0 Å². The number of halogens is 3. The van der Waals surface area contributed by atoms with E-state index in [9.17, 15) is 21.6 Å². The smallest absolute Gasteiger partial charge is 0.207 e. The summed E-state index contributed by atoms with van der Waals surface area (Å²) in [5.41, 5.74) is 1.60. The van der Waals surface area contributed by atoms with Gasteiger partial charge >= 0.3 is 6.18 Å². The lowest BCUT2D eigenvalue weighted by molar-refractivity contribution is -0.137. The lowest BCUT2D eigenvalue weighted by Gasteiger charge is -2.30. The number of nitrogens with one attached hydrogen (secondary N) is 1. The largest absolute Gasteiger partial charge is 0.416 e. The number of rotatable bonds is 2. The first-order valence-electron chi connectivity index (χ1n) is 13.8. The molecule has 6 aromatic carbocycles. The van der Waals surface area contributed by atoms with Crippen molar-refractivity contribution in [2.24, 2.45) is 0 Å². The van der Waals surface area contributed by atoms with Crippen LogP contribution in [0.3, 0.4) is 0 Å². The lowest BCUT2D eigenvalue weighted by atomic mass is 9.77. The zero-order valence-electron chi connectivity index (χ0n) is 22.5. The molecule has 1 aliphatic heterocycles. The van der Waals surface area contributed by atoms with Gasteiger partial charge in [0.1, 0.15) is 5.54 Å². The predicted octanol–water partition coefficient (Wildman–Crippen LogP) is 8.52. The van der Waals surface area contributed by atoms with E-state index in [0.717, 1.165) is 33.7 Å². The average Bonchev–Trinajstić information content (AvgIpc) is 3.43. The molecule has 3 nitrogen and oxygen atoms in total. The first kappa shape index (κ1) is 25.9. The summed E-state index contributed by atoms with van der Waals surface area (Å²) in [5, 5.41) is 3.84. The number of benzene rings is 6. The maximum Gasteiger partial charge on any atom is 0.416 e. The minimum absolute atomic E-state index is 0.110. The van der Waals surface area contributed by atoms with Gasteiger partial charge in [0, 0.05) is 5.56 Å². The lowest BCUT2D eigenvalue weighted by Crippen LogP contribution is -2.40. The number of hydrogen-bond donors (Lipinski definition) is 1. The molecule has 0 saturated heterocycles. The number of hydrogen-bond acceptors (Lipinski definition) is 2. The summed E-state index contributed by atoms with van der Waals surface area (Å²) < 4.78 is 73.0. The van der Waals surface area contributed by atoms with Crippen LogP contribution in [0.15, 0.2) is 132 Å². The molecule has 1 spiro atoms. The van der Waals surface area contributed by atoms with Gasteiger partial charge in [-0.1, -0.05) is 97.1 Å². The molecule has 0 fully saturated rings. The highest BCUT2D eigenvalue weighted by Gasteiger charge is 2.56. The van der Waals surface area contributed by atoms with E-state index in [2.05, 4.69) is 4.72 Å². The molecule has 1 aliphatic carbocycles. The maximum atomic E-state index is 14.2. The predicted molar refractivity (Wildman–Crippen MR) is 163 cm³/mol. The molecule has 43 heavy (non-hydrogen) atoms. The molecule has 0 aromatic heterocycles. The van der Waals surface area contributed by atoms with E-state index in [1.165, 1.54) is 6.07 Å². The van der Waals surface area contributed by atoms with Gasteiger partial charge in [0.25, 0.3) is 0 Å². The van der Waals surface area contributed by atoms with E-state index in [1.54, 1.807) is 24.3 Å². The van der Waals surface area contributed by atoms with Gasteiger partial charge in [-0.25, -0.2) is 8.42 Å². The van der Waals surface area contributed by atoms with Crippen LogP contribution in [0.2, 0.25) is 0 Å². The Morgan fingerprint density at radius 2 is 1.16 bits per heavy atom. The van der Waals surface area contributed by atoms with Crippen molar-refractivity contribution in [3.8, 4) is 0 Å². The first-order valence-corrected chi connectivity index (χ1v) is 15.2. The molecule has 0 amide bonds. The Hall–Kier alpha value is -4.72. The Morgan fingerprint density at radius 1 is 0.581 bits per heavy atom. The van der Waals surface area contributed by atoms with Crippen molar-refractivity contribution in [3.05, 3.63) is 161 Å². The minimum Gasteiger partial charge on any atom is -0.207 e. The Bertz CT molecular complexity index is 2290. The topological polar surface area (TPSA) is 46.2 Å². The van der Waals surface area contributed by atoms with Gasteiger partial charge in [0.2, 0.25) is 10.0 Å². The molecule has 8 rings (SSSR count). The summed E-state index contributed by atoms with van der Waals surface area (Å²) in [5.74, 6) is 0. The van der Waals surface area contributed by atoms with Crippen molar-refractivity contribution in [2.75, 3.05) is 0 Å². The molecule has 0 radical (unpaired) electrons. The van der Waals surface area contributed by atoms with E-state index >= 15 is 0 Å². The molecule has 7 heteroatoms. The maximum absolute atomic E-state index is 14.2. The summed E-state index contributed by atoms with van der Waals surface area (Å²) in [6.07, 6.45) is -4.59. The molecule has 210 valence electrons. The highest BCUT2D eigenvalue weighted by atomic mass is 32.2. The highest BCUT2D eigenvalue weighted by Crippen LogP contribution is 2.59. The Balaban J connectivity index is 1.56. The second-order valence-corrected chi connectivity index (χ2v) is 12.6. The van der Waals surface area contributed by atoms with Crippen LogP contribution in [-0.4, -0.2) is 8.42 Å². The first-order chi connectivity index (χ1) is 20.7. The van der Waals surface area contributed by atoms with Crippen molar-refractivity contribution < 1.29 is 21.6 Å². The zero-order valence-corrected chi connectivity index (χ0v) is 23.3. The normalized spacial score (nSPS) is 18.9. The summed E-state index contributed by atoms with van der Waals surface area (Å²) >= 11 is 0. The molecule has 1 N–H and O–H groups in total.